The second kappa shape index (κ2) is 2.79. The lowest BCUT2D eigenvalue weighted by atomic mass is 10.3. The quantitative estimate of drug-likeness (QED) is 0.756. The topological polar surface area (TPSA) is 50.2 Å². The average Bonchev–Trinajstić information content (AvgIpc) is 1.99. The van der Waals surface area contributed by atoms with Crippen LogP contribution in [0.2, 0.25) is 0 Å². The van der Waals surface area contributed by atoms with E-state index in [0.29, 0.717) is 0 Å². The molecule has 0 aliphatic rings. The SMILES string of the molecule is [2H]c1nc([2H])c(C(=O)O)c([2H])c1Br. The van der Waals surface area contributed by atoms with Crippen molar-refractivity contribution in [1.82, 2.24) is 4.98 Å². The van der Waals surface area contributed by atoms with Gasteiger partial charge in [-0.25, -0.2) is 4.79 Å². The Kier molecular flexibility index (Phi) is 1.14. The van der Waals surface area contributed by atoms with Gasteiger partial charge in [-0.1, -0.05) is 0 Å². The Morgan fingerprint density at radius 1 is 1.80 bits per heavy atom. The van der Waals surface area contributed by atoms with Crippen molar-refractivity contribution in [2.24, 2.45) is 0 Å². The Bertz CT molecular complexity index is 383. The normalized spacial score (nSPS) is 13.5. The van der Waals surface area contributed by atoms with Gasteiger partial charge in [0.1, 0.15) is 0 Å². The van der Waals surface area contributed by atoms with Crippen LogP contribution in [0.1, 0.15) is 14.5 Å². The van der Waals surface area contributed by atoms with E-state index in [4.69, 9.17) is 9.22 Å². The van der Waals surface area contributed by atoms with Gasteiger partial charge in [-0.15, -0.1) is 0 Å². The lowest BCUT2D eigenvalue weighted by Gasteiger charge is -1.91. The predicted molar refractivity (Wildman–Crippen MR) is 38.9 cm³/mol. The Balaban J connectivity index is 3.53. The molecule has 0 aromatic carbocycles. The van der Waals surface area contributed by atoms with Crippen molar-refractivity contribution in [3.63, 3.8) is 0 Å². The fourth-order valence-electron chi connectivity index (χ4n) is 0.400. The molecule has 4 heteroatoms. The van der Waals surface area contributed by atoms with E-state index in [1.54, 1.807) is 0 Å². The van der Waals surface area contributed by atoms with Crippen LogP contribution in [0.5, 0.6) is 0 Å². The number of carbonyl (C=O) groups is 1. The van der Waals surface area contributed by atoms with E-state index in [-0.39, 0.29) is 10.6 Å². The third-order valence-corrected chi connectivity index (χ3v) is 1.15. The number of hydrogen-bond acceptors (Lipinski definition) is 2. The number of aromatic carboxylic acids is 1. The minimum Gasteiger partial charge on any atom is -0.478 e. The molecule has 1 aromatic rings. The molecule has 1 aromatic heterocycles. The fraction of sp³-hybridized carbons (Fsp3) is 0. The Labute approximate surface area is 70.1 Å². The Hall–Kier alpha value is -0.900. The molecule has 0 fully saturated rings. The summed E-state index contributed by atoms with van der Waals surface area (Å²) >= 11 is 2.85. The van der Waals surface area contributed by atoms with Crippen LogP contribution in [0.25, 0.3) is 0 Å². The summed E-state index contributed by atoms with van der Waals surface area (Å²) in [5, 5.41) is 8.60. The third-order valence-electron chi connectivity index (χ3n) is 0.770. The van der Waals surface area contributed by atoms with Gasteiger partial charge in [0.2, 0.25) is 0 Å². The summed E-state index contributed by atoms with van der Waals surface area (Å²) in [5.74, 6) is -1.39. The maximum atomic E-state index is 10.5. The molecule has 0 aliphatic carbocycles. The molecule has 1 N–H and O–H groups in total. The van der Waals surface area contributed by atoms with Gasteiger partial charge in [0.15, 0.2) is 0 Å². The number of carboxylic acid groups (broad SMARTS) is 1. The van der Waals surface area contributed by atoms with Crippen LogP contribution in [-0.4, -0.2) is 16.1 Å². The standard InChI is InChI=1S/C6H4BrNO2/c7-5-1-4(6(9)10)2-8-3-5/h1-3H,(H,9,10)/i1D,2D,3D. The molecule has 1 heterocycles. The van der Waals surface area contributed by atoms with Crippen molar-refractivity contribution in [2.45, 2.75) is 0 Å². The molecule has 0 aliphatic heterocycles. The minimum absolute atomic E-state index is 0.0131. The first-order chi connectivity index (χ1) is 5.95. The van der Waals surface area contributed by atoms with Gasteiger partial charge in [0, 0.05) is 16.8 Å². The molecule has 10 heavy (non-hydrogen) atoms. The second-order valence-electron chi connectivity index (χ2n) is 1.45. The van der Waals surface area contributed by atoms with E-state index in [2.05, 4.69) is 20.9 Å². The highest BCUT2D eigenvalue weighted by atomic mass is 79.9. The summed E-state index contributed by atoms with van der Waals surface area (Å²) in [6.45, 7) is 0. The summed E-state index contributed by atoms with van der Waals surface area (Å²) in [6.07, 6.45) is -0.870. The summed E-state index contributed by atoms with van der Waals surface area (Å²) in [5.41, 5.74) is -0.497. The van der Waals surface area contributed by atoms with E-state index in [0.717, 1.165) is 0 Å². The van der Waals surface area contributed by atoms with Crippen LogP contribution < -0.4 is 0 Å². The molecular formula is C6H4BrNO2. The van der Waals surface area contributed by atoms with Gasteiger partial charge in [0.25, 0.3) is 0 Å². The Morgan fingerprint density at radius 3 is 3.10 bits per heavy atom. The number of hydrogen-bond donors (Lipinski definition) is 1. The first-order valence-electron chi connectivity index (χ1n) is 3.81. The zero-order chi connectivity index (χ0) is 10.2. The minimum atomic E-state index is -1.39. The van der Waals surface area contributed by atoms with Gasteiger partial charge in [-0.2, -0.15) is 0 Å². The monoisotopic (exact) mass is 204 g/mol. The molecule has 0 saturated carbocycles. The number of aromatic nitrogens is 1. The summed E-state index contributed by atoms with van der Waals surface area (Å²) in [4.78, 5) is 13.9. The lowest BCUT2D eigenvalue weighted by molar-refractivity contribution is 0.0696. The van der Waals surface area contributed by atoms with Gasteiger partial charge >= 0.3 is 5.97 Å². The summed E-state index contributed by atoms with van der Waals surface area (Å²) in [6, 6.07) is -0.391. The maximum Gasteiger partial charge on any atom is 0.337 e. The Morgan fingerprint density at radius 2 is 2.50 bits per heavy atom. The molecule has 1 rings (SSSR count). The number of halogens is 1. The fourth-order valence-corrected chi connectivity index (χ4v) is 0.687. The number of pyridine rings is 1. The van der Waals surface area contributed by atoms with E-state index in [1.165, 1.54) is 0 Å². The van der Waals surface area contributed by atoms with E-state index < -0.39 is 23.7 Å². The van der Waals surface area contributed by atoms with Crippen molar-refractivity contribution < 1.29 is 14.0 Å². The maximum absolute atomic E-state index is 10.5. The molecule has 0 radical (unpaired) electrons. The van der Waals surface area contributed by atoms with Crippen LogP contribution in [0.15, 0.2) is 22.9 Å². The molecule has 0 unspecified atom stereocenters. The van der Waals surface area contributed by atoms with Crippen molar-refractivity contribution >= 4 is 21.9 Å². The first-order valence-corrected chi connectivity index (χ1v) is 3.11. The van der Waals surface area contributed by atoms with Crippen molar-refractivity contribution in [3.05, 3.63) is 28.4 Å². The second-order valence-corrected chi connectivity index (χ2v) is 2.25. The third kappa shape index (κ3) is 1.54. The number of nitrogens with zero attached hydrogens (tertiary/aromatic N) is 1. The van der Waals surface area contributed by atoms with Gasteiger partial charge in [-0.3, -0.25) is 4.98 Å². The predicted octanol–water partition coefficient (Wildman–Crippen LogP) is 1.54. The highest BCUT2D eigenvalue weighted by molar-refractivity contribution is 9.10. The summed E-state index contributed by atoms with van der Waals surface area (Å²) in [7, 11) is 0. The molecule has 0 atom stereocenters. The number of carboxylic acids is 1. The van der Waals surface area contributed by atoms with Crippen molar-refractivity contribution in [1.29, 1.82) is 0 Å². The van der Waals surface area contributed by atoms with Gasteiger partial charge in [0.05, 0.1) is 9.68 Å². The summed E-state index contributed by atoms with van der Waals surface area (Å²) < 4.78 is 21.6. The molecule has 0 spiro atoms. The molecule has 52 valence electrons. The first kappa shape index (κ1) is 4.08. The largest absolute Gasteiger partial charge is 0.478 e. The highest BCUT2D eigenvalue weighted by Crippen LogP contribution is 2.08. The van der Waals surface area contributed by atoms with Crippen molar-refractivity contribution in [2.75, 3.05) is 0 Å². The molecule has 0 saturated heterocycles. The van der Waals surface area contributed by atoms with Crippen molar-refractivity contribution in [3.8, 4) is 0 Å². The van der Waals surface area contributed by atoms with Gasteiger partial charge in [-0.05, 0) is 22.0 Å². The van der Waals surface area contributed by atoms with E-state index in [1.807, 2.05) is 0 Å². The van der Waals surface area contributed by atoms with Crippen LogP contribution >= 0.6 is 15.9 Å². The zero-order valence-corrected chi connectivity index (χ0v) is 6.27. The average molecular weight is 205 g/mol. The molecular weight excluding hydrogens is 198 g/mol. The number of rotatable bonds is 1. The molecule has 3 nitrogen and oxygen atoms in total. The molecule has 0 bridgehead atoms. The van der Waals surface area contributed by atoms with Gasteiger partial charge < -0.3 is 5.11 Å². The zero-order valence-electron chi connectivity index (χ0n) is 7.68. The van der Waals surface area contributed by atoms with Crippen LogP contribution in [-0.2, 0) is 0 Å². The molecule has 0 amide bonds. The van der Waals surface area contributed by atoms with Crippen LogP contribution in [0.4, 0.5) is 0 Å². The van der Waals surface area contributed by atoms with E-state index in [9.17, 15) is 4.79 Å². The lowest BCUT2D eigenvalue weighted by Crippen LogP contribution is -1.95. The highest BCUT2D eigenvalue weighted by Gasteiger charge is 2.01. The van der Waals surface area contributed by atoms with Crippen LogP contribution in [0, 0.1) is 0 Å². The smallest absolute Gasteiger partial charge is 0.337 e. The van der Waals surface area contributed by atoms with E-state index >= 15 is 0 Å². The van der Waals surface area contributed by atoms with Crippen LogP contribution in [0.3, 0.4) is 0 Å².